The largest absolute Gasteiger partial charge is 0.510 e. The number of aromatic nitrogens is 3. The first-order chi connectivity index (χ1) is 11.9. The Kier molecular flexibility index (Phi) is 5.55. The standard InChI is InChI=1S/C16H16Cl3N3O3/c1-16(5-24-9-25-6-16)15(23)12(22-8-20-7-21-22)4-10-2-3-11(17)14(19)13(10)18/h2-3,7-8,23H,4-6,9H2,1H3. The average molecular weight is 405 g/mol. The average Bonchev–Trinajstić information content (AvgIpc) is 3.14. The van der Waals surface area contributed by atoms with Gasteiger partial charge in [0.25, 0.3) is 0 Å². The van der Waals surface area contributed by atoms with Gasteiger partial charge in [0.15, 0.2) is 0 Å². The van der Waals surface area contributed by atoms with Gasteiger partial charge in [-0.15, -0.1) is 0 Å². The lowest BCUT2D eigenvalue weighted by atomic mass is 9.87. The van der Waals surface area contributed by atoms with Gasteiger partial charge in [0.1, 0.15) is 25.2 Å². The van der Waals surface area contributed by atoms with Crippen LogP contribution in [0.4, 0.5) is 0 Å². The van der Waals surface area contributed by atoms with Gasteiger partial charge in [-0.05, 0) is 18.6 Å². The fourth-order valence-electron chi connectivity index (χ4n) is 2.62. The minimum atomic E-state index is -0.706. The van der Waals surface area contributed by atoms with E-state index in [1.54, 1.807) is 12.1 Å². The van der Waals surface area contributed by atoms with E-state index >= 15 is 0 Å². The SMILES string of the molecule is CC1(C(O)=C(Cc2ccc(Cl)c(Cl)c2Cl)n2cncn2)COCOC1. The number of allylic oxidation sites excluding steroid dienone is 1. The summed E-state index contributed by atoms with van der Waals surface area (Å²) >= 11 is 18.4. The number of ether oxygens (including phenoxy) is 2. The lowest BCUT2D eigenvalue weighted by Crippen LogP contribution is -2.37. The van der Waals surface area contributed by atoms with Crippen LogP contribution in [0.3, 0.4) is 0 Å². The van der Waals surface area contributed by atoms with E-state index in [0.29, 0.717) is 34.5 Å². The van der Waals surface area contributed by atoms with Gasteiger partial charge in [-0.1, -0.05) is 40.9 Å². The summed E-state index contributed by atoms with van der Waals surface area (Å²) in [4.78, 5) is 3.95. The molecule has 1 saturated heterocycles. The first kappa shape index (κ1) is 18.5. The van der Waals surface area contributed by atoms with Gasteiger partial charge in [-0.2, -0.15) is 5.10 Å². The third kappa shape index (κ3) is 3.78. The van der Waals surface area contributed by atoms with Crippen LogP contribution in [0.2, 0.25) is 15.1 Å². The lowest BCUT2D eigenvalue weighted by molar-refractivity contribution is -0.155. The molecule has 9 heteroatoms. The molecule has 0 aliphatic carbocycles. The maximum atomic E-state index is 11.0. The fraction of sp³-hybridized carbons (Fsp3) is 0.375. The molecule has 0 saturated carbocycles. The molecule has 1 fully saturated rings. The molecule has 1 N–H and O–H groups in total. The number of benzene rings is 1. The summed E-state index contributed by atoms with van der Waals surface area (Å²) in [7, 11) is 0. The molecule has 6 nitrogen and oxygen atoms in total. The van der Waals surface area contributed by atoms with Gasteiger partial charge in [0.05, 0.1) is 39.4 Å². The Labute approximate surface area is 159 Å². The van der Waals surface area contributed by atoms with Crippen LogP contribution in [0.15, 0.2) is 30.5 Å². The lowest BCUT2D eigenvalue weighted by Gasteiger charge is -2.33. The van der Waals surface area contributed by atoms with Gasteiger partial charge in [-0.3, -0.25) is 0 Å². The summed E-state index contributed by atoms with van der Waals surface area (Å²) < 4.78 is 12.2. The molecule has 0 spiro atoms. The molecule has 2 heterocycles. The molecule has 25 heavy (non-hydrogen) atoms. The van der Waals surface area contributed by atoms with Crippen LogP contribution < -0.4 is 0 Å². The summed E-state index contributed by atoms with van der Waals surface area (Å²) in [6, 6.07) is 3.42. The Morgan fingerprint density at radius 3 is 2.60 bits per heavy atom. The molecule has 1 aromatic heterocycles. The van der Waals surface area contributed by atoms with E-state index in [1.807, 2.05) is 6.92 Å². The van der Waals surface area contributed by atoms with Crippen molar-refractivity contribution in [2.45, 2.75) is 13.3 Å². The highest BCUT2D eigenvalue weighted by molar-refractivity contribution is 6.48. The first-order valence-corrected chi connectivity index (χ1v) is 8.61. The van der Waals surface area contributed by atoms with E-state index in [9.17, 15) is 5.11 Å². The smallest absolute Gasteiger partial charge is 0.146 e. The predicted octanol–water partition coefficient (Wildman–Crippen LogP) is 4.22. The van der Waals surface area contributed by atoms with Crippen LogP contribution in [0.25, 0.3) is 5.70 Å². The van der Waals surface area contributed by atoms with Crippen LogP contribution in [0.1, 0.15) is 12.5 Å². The number of hydrogen-bond acceptors (Lipinski definition) is 5. The first-order valence-electron chi connectivity index (χ1n) is 7.48. The third-order valence-corrected chi connectivity index (χ3v) is 5.35. The van der Waals surface area contributed by atoms with Crippen molar-refractivity contribution in [1.82, 2.24) is 14.8 Å². The molecule has 3 rings (SSSR count). The molecule has 1 aliphatic heterocycles. The Morgan fingerprint density at radius 2 is 1.96 bits per heavy atom. The van der Waals surface area contributed by atoms with Crippen molar-refractivity contribution in [1.29, 1.82) is 0 Å². The van der Waals surface area contributed by atoms with Gasteiger partial charge in [0.2, 0.25) is 0 Å². The monoisotopic (exact) mass is 403 g/mol. The van der Waals surface area contributed by atoms with Crippen LogP contribution >= 0.6 is 34.8 Å². The van der Waals surface area contributed by atoms with E-state index in [1.165, 1.54) is 17.3 Å². The molecular formula is C16H16Cl3N3O3. The number of hydrogen-bond donors (Lipinski definition) is 1. The second kappa shape index (κ2) is 7.51. The number of rotatable bonds is 4. The van der Waals surface area contributed by atoms with E-state index < -0.39 is 5.41 Å². The Balaban J connectivity index is 2.05. The summed E-state index contributed by atoms with van der Waals surface area (Å²) in [5, 5.41) is 16.1. The third-order valence-electron chi connectivity index (χ3n) is 4.02. The molecule has 0 radical (unpaired) electrons. The molecule has 2 aromatic rings. The second-order valence-corrected chi connectivity index (χ2v) is 7.19. The molecular weight excluding hydrogens is 389 g/mol. The van der Waals surface area contributed by atoms with Gasteiger partial charge >= 0.3 is 0 Å². The van der Waals surface area contributed by atoms with E-state index in [0.717, 1.165) is 0 Å². The van der Waals surface area contributed by atoms with E-state index in [-0.39, 0.29) is 24.0 Å². The van der Waals surface area contributed by atoms with Gasteiger partial charge < -0.3 is 14.6 Å². The summed E-state index contributed by atoms with van der Waals surface area (Å²) in [6.07, 6.45) is 3.17. The summed E-state index contributed by atoms with van der Waals surface area (Å²) in [5.41, 5.74) is 0.506. The Bertz CT molecular complexity index is 787. The molecule has 0 bridgehead atoms. The van der Waals surface area contributed by atoms with Crippen LogP contribution in [0, 0.1) is 5.41 Å². The highest BCUT2D eigenvalue weighted by Crippen LogP contribution is 2.37. The fourth-order valence-corrected chi connectivity index (χ4v) is 3.24. The molecule has 134 valence electrons. The van der Waals surface area contributed by atoms with E-state index in [4.69, 9.17) is 44.3 Å². The van der Waals surface area contributed by atoms with Crippen LogP contribution in [0.5, 0.6) is 0 Å². The maximum absolute atomic E-state index is 11.0. The number of aliphatic hydroxyl groups excluding tert-OH is 1. The molecule has 0 amide bonds. The highest BCUT2D eigenvalue weighted by atomic mass is 35.5. The number of aliphatic hydroxyl groups is 1. The highest BCUT2D eigenvalue weighted by Gasteiger charge is 2.36. The topological polar surface area (TPSA) is 69.4 Å². The minimum Gasteiger partial charge on any atom is -0.510 e. The van der Waals surface area contributed by atoms with Crippen molar-refractivity contribution in [2.75, 3.05) is 20.0 Å². The minimum absolute atomic E-state index is 0.0971. The molecule has 0 unspecified atom stereocenters. The Hall–Kier alpha value is -1.31. The quantitative estimate of drug-likeness (QED) is 0.610. The summed E-state index contributed by atoms with van der Waals surface area (Å²) in [5.74, 6) is 0.0971. The predicted molar refractivity (Wildman–Crippen MR) is 95.9 cm³/mol. The van der Waals surface area contributed by atoms with Crippen molar-refractivity contribution in [3.63, 3.8) is 0 Å². The summed E-state index contributed by atoms with van der Waals surface area (Å²) in [6.45, 7) is 2.72. The van der Waals surface area contributed by atoms with Crippen molar-refractivity contribution in [3.05, 3.63) is 51.2 Å². The number of halogens is 3. The van der Waals surface area contributed by atoms with Crippen molar-refractivity contribution in [2.24, 2.45) is 5.41 Å². The zero-order valence-electron chi connectivity index (χ0n) is 13.4. The van der Waals surface area contributed by atoms with Gasteiger partial charge in [0, 0.05) is 6.42 Å². The van der Waals surface area contributed by atoms with E-state index in [2.05, 4.69) is 10.1 Å². The number of nitrogens with zero attached hydrogens (tertiary/aromatic N) is 3. The van der Waals surface area contributed by atoms with Crippen LogP contribution in [-0.4, -0.2) is 39.9 Å². The van der Waals surface area contributed by atoms with Gasteiger partial charge in [-0.25, -0.2) is 9.67 Å². The van der Waals surface area contributed by atoms with Crippen molar-refractivity contribution in [3.8, 4) is 0 Å². The van der Waals surface area contributed by atoms with Crippen LogP contribution in [-0.2, 0) is 15.9 Å². The zero-order chi connectivity index (χ0) is 18.0. The molecule has 0 atom stereocenters. The van der Waals surface area contributed by atoms with Crippen molar-refractivity contribution >= 4 is 40.5 Å². The second-order valence-electron chi connectivity index (χ2n) is 6.02. The molecule has 1 aromatic carbocycles. The van der Waals surface area contributed by atoms with Crippen molar-refractivity contribution < 1.29 is 14.6 Å². The normalized spacial score (nSPS) is 18.1. The maximum Gasteiger partial charge on any atom is 0.146 e. The molecule has 1 aliphatic rings. The zero-order valence-corrected chi connectivity index (χ0v) is 15.6. The Morgan fingerprint density at radius 1 is 1.24 bits per heavy atom.